The van der Waals surface area contributed by atoms with E-state index in [9.17, 15) is 19.5 Å². The zero-order valence-electron chi connectivity index (χ0n) is 24.0. The molecular formula is C30H40O9. The Morgan fingerprint density at radius 3 is 2.21 bits per heavy atom. The summed E-state index contributed by atoms with van der Waals surface area (Å²) in [5.74, 6) is -2.58. The van der Waals surface area contributed by atoms with Gasteiger partial charge in [0.05, 0.1) is 29.6 Å². The van der Waals surface area contributed by atoms with Crippen LogP contribution >= 0.6 is 0 Å². The van der Waals surface area contributed by atoms with Crippen molar-refractivity contribution in [2.24, 2.45) is 16.7 Å². The van der Waals surface area contributed by atoms with Gasteiger partial charge >= 0.3 is 11.9 Å². The van der Waals surface area contributed by atoms with E-state index in [0.29, 0.717) is 5.57 Å². The van der Waals surface area contributed by atoms with E-state index >= 15 is 0 Å². The summed E-state index contributed by atoms with van der Waals surface area (Å²) < 4.78 is 29.9. The maximum absolute atomic E-state index is 14.7. The maximum Gasteiger partial charge on any atom is 0.338 e. The van der Waals surface area contributed by atoms with Crippen molar-refractivity contribution in [1.82, 2.24) is 0 Å². The Hall–Kier alpha value is -2.59. The Bertz CT molecular complexity index is 1160. The lowest BCUT2D eigenvalue weighted by Gasteiger charge is -2.66. The fraction of sp³-hybridized carbons (Fsp3) is 0.633. The van der Waals surface area contributed by atoms with E-state index in [0.717, 1.165) is 0 Å². The second-order valence-corrected chi connectivity index (χ2v) is 11.8. The number of hydrogen-bond acceptors (Lipinski definition) is 9. The number of benzene rings is 1. The van der Waals surface area contributed by atoms with Crippen LogP contribution < -0.4 is 0 Å². The van der Waals surface area contributed by atoms with Crippen LogP contribution in [0.5, 0.6) is 0 Å². The number of carbonyl (C=O) groups excluding carboxylic acids is 3. The number of Topliss-reactive ketones (excluding diaryl/α,β-unsaturated/α-hetero) is 1. The number of rotatable bonds is 5. The fourth-order valence-corrected chi connectivity index (χ4v) is 7.13. The molecule has 2 unspecified atom stereocenters. The lowest BCUT2D eigenvalue weighted by molar-refractivity contribution is -0.344. The topological polar surface area (TPSA) is 118 Å². The molecule has 0 radical (unpaired) electrons. The SMILES string of the molecule is C/C=C1\[C@@H](OC)C(=O)[C@@]2(C)C([C@H](OC(=O)c3ccccc3)[C@@](C)(O)C1(C)C)[C@]1(OC(C)=O)COC1C[C@@H]2OC. The molecule has 0 spiro atoms. The molecule has 1 saturated heterocycles. The summed E-state index contributed by atoms with van der Waals surface area (Å²) in [6, 6.07) is 8.43. The van der Waals surface area contributed by atoms with Gasteiger partial charge < -0.3 is 28.8 Å². The number of ether oxygens (including phenoxy) is 5. The normalized spacial score (nSPS) is 40.4. The van der Waals surface area contributed by atoms with Gasteiger partial charge in [0.2, 0.25) is 0 Å². The van der Waals surface area contributed by atoms with Gasteiger partial charge in [-0.1, -0.05) is 38.1 Å². The predicted molar refractivity (Wildman–Crippen MR) is 141 cm³/mol. The van der Waals surface area contributed by atoms with Gasteiger partial charge in [-0.05, 0) is 38.5 Å². The van der Waals surface area contributed by atoms with Gasteiger partial charge in [-0.2, -0.15) is 0 Å². The third-order valence-corrected chi connectivity index (χ3v) is 9.63. The smallest absolute Gasteiger partial charge is 0.338 e. The highest BCUT2D eigenvalue weighted by Gasteiger charge is 2.76. The Morgan fingerprint density at radius 2 is 1.72 bits per heavy atom. The van der Waals surface area contributed by atoms with Crippen LogP contribution in [0, 0.1) is 16.7 Å². The minimum Gasteiger partial charge on any atom is -0.455 e. The van der Waals surface area contributed by atoms with Crippen LogP contribution in [0.3, 0.4) is 0 Å². The Morgan fingerprint density at radius 1 is 1.08 bits per heavy atom. The van der Waals surface area contributed by atoms with Crippen molar-refractivity contribution in [3.63, 3.8) is 0 Å². The highest BCUT2D eigenvalue weighted by Crippen LogP contribution is 2.62. The molecule has 3 fully saturated rings. The van der Waals surface area contributed by atoms with Crippen LogP contribution in [0.25, 0.3) is 0 Å². The van der Waals surface area contributed by atoms with Gasteiger partial charge in [0.25, 0.3) is 0 Å². The molecule has 9 heteroatoms. The van der Waals surface area contributed by atoms with E-state index in [2.05, 4.69) is 0 Å². The zero-order chi connectivity index (χ0) is 29.0. The van der Waals surface area contributed by atoms with Crippen LogP contribution in [0.15, 0.2) is 42.0 Å². The number of ketones is 1. The average Bonchev–Trinajstić information content (AvgIpc) is 2.88. The quantitative estimate of drug-likeness (QED) is 0.440. The lowest BCUT2D eigenvalue weighted by Crippen LogP contribution is -2.81. The Kier molecular flexibility index (Phi) is 7.62. The number of carbonyl (C=O) groups is 3. The van der Waals surface area contributed by atoms with Crippen molar-refractivity contribution < 1.29 is 43.2 Å². The molecule has 1 aliphatic heterocycles. The van der Waals surface area contributed by atoms with Crippen molar-refractivity contribution >= 4 is 17.7 Å². The second kappa shape index (κ2) is 10.1. The van der Waals surface area contributed by atoms with Gasteiger partial charge in [0.1, 0.15) is 23.9 Å². The molecule has 9 nitrogen and oxygen atoms in total. The van der Waals surface area contributed by atoms with Crippen molar-refractivity contribution in [3.8, 4) is 0 Å². The Labute approximate surface area is 229 Å². The van der Waals surface area contributed by atoms with Gasteiger partial charge in [-0.3, -0.25) is 9.59 Å². The molecule has 3 aliphatic rings. The molecule has 0 bridgehead atoms. The standard InChI is InChI=1S/C30H40O9/c1-9-19-22(36-8)24(32)28(5)20(35-7)15-21-30(16-37-21,39-17(2)31)23(28)25(29(6,34)27(19,3)4)38-26(33)18-13-11-10-12-14-18/h9-14,20-23,25,34H,15-16H2,1-8H3/b19-9+/t20-,21?,22+,23?,25-,28+,29+,30-/m0/s1. The summed E-state index contributed by atoms with van der Waals surface area (Å²) in [6.07, 6.45) is -1.66. The van der Waals surface area contributed by atoms with E-state index in [4.69, 9.17) is 23.7 Å². The third kappa shape index (κ3) is 4.17. The monoisotopic (exact) mass is 544 g/mol. The van der Waals surface area contributed by atoms with Crippen LogP contribution in [0.1, 0.15) is 58.3 Å². The molecular weight excluding hydrogens is 504 g/mol. The largest absolute Gasteiger partial charge is 0.455 e. The van der Waals surface area contributed by atoms with Crippen LogP contribution in [-0.2, 0) is 33.3 Å². The third-order valence-electron chi connectivity index (χ3n) is 9.63. The second-order valence-electron chi connectivity index (χ2n) is 11.8. The average molecular weight is 545 g/mol. The van der Waals surface area contributed by atoms with Gasteiger partial charge in [0.15, 0.2) is 11.4 Å². The molecule has 2 aliphatic carbocycles. The number of methoxy groups -OCH3 is 2. The number of esters is 2. The molecule has 2 saturated carbocycles. The maximum atomic E-state index is 14.7. The number of fused-ring (bicyclic) bond motifs is 3. The first-order valence-corrected chi connectivity index (χ1v) is 13.3. The van der Waals surface area contributed by atoms with Crippen molar-refractivity contribution in [1.29, 1.82) is 0 Å². The molecule has 8 atom stereocenters. The first-order chi connectivity index (χ1) is 18.2. The summed E-state index contributed by atoms with van der Waals surface area (Å²) in [5.41, 5.74) is -4.84. The summed E-state index contributed by atoms with van der Waals surface area (Å²) in [6.45, 7) is 9.95. The molecule has 0 aromatic heterocycles. The molecule has 1 heterocycles. The zero-order valence-corrected chi connectivity index (χ0v) is 24.0. The van der Waals surface area contributed by atoms with Gasteiger partial charge in [-0.25, -0.2) is 4.79 Å². The molecule has 1 N–H and O–H groups in total. The molecule has 0 amide bonds. The van der Waals surface area contributed by atoms with E-state index in [1.165, 1.54) is 21.1 Å². The Balaban J connectivity index is 2.04. The number of allylic oxidation sites excluding steroid dienone is 1. The summed E-state index contributed by atoms with van der Waals surface area (Å²) >= 11 is 0. The number of hydrogen-bond donors (Lipinski definition) is 1. The van der Waals surface area contributed by atoms with Gasteiger partial charge in [0, 0.05) is 33.0 Å². The fourth-order valence-electron chi connectivity index (χ4n) is 7.13. The predicted octanol–water partition coefficient (Wildman–Crippen LogP) is 3.28. The number of aliphatic hydroxyl groups is 1. The molecule has 1 aromatic carbocycles. The first kappa shape index (κ1) is 29.4. The molecule has 1 aromatic rings. The van der Waals surface area contributed by atoms with Crippen molar-refractivity contribution in [2.45, 2.75) is 83.6 Å². The van der Waals surface area contributed by atoms with Gasteiger partial charge in [-0.15, -0.1) is 0 Å². The molecule has 4 rings (SSSR count). The minimum atomic E-state index is -1.77. The van der Waals surface area contributed by atoms with Crippen molar-refractivity contribution in [3.05, 3.63) is 47.5 Å². The summed E-state index contributed by atoms with van der Waals surface area (Å²) in [4.78, 5) is 40.8. The summed E-state index contributed by atoms with van der Waals surface area (Å²) in [7, 11) is 2.95. The molecule has 214 valence electrons. The van der Waals surface area contributed by atoms with Crippen LogP contribution in [0.2, 0.25) is 0 Å². The minimum absolute atomic E-state index is 0.0226. The van der Waals surface area contributed by atoms with E-state index in [-0.39, 0.29) is 24.4 Å². The highest BCUT2D eigenvalue weighted by molar-refractivity contribution is 5.94. The van der Waals surface area contributed by atoms with E-state index < -0.39 is 64.3 Å². The lowest BCUT2D eigenvalue weighted by atomic mass is 9.46. The molecule has 39 heavy (non-hydrogen) atoms. The first-order valence-electron chi connectivity index (χ1n) is 13.3. The summed E-state index contributed by atoms with van der Waals surface area (Å²) in [5, 5.41) is 12.5. The van der Waals surface area contributed by atoms with E-state index in [1.54, 1.807) is 71.0 Å². The highest BCUT2D eigenvalue weighted by atomic mass is 16.6. The van der Waals surface area contributed by atoms with Crippen LogP contribution in [0.4, 0.5) is 0 Å². The van der Waals surface area contributed by atoms with E-state index in [1.807, 2.05) is 0 Å². The van der Waals surface area contributed by atoms with Crippen molar-refractivity contribution in [2.75, 3.05) is 20.8 Å². The van der Waals surface area contributed by atoms with Crippen LogP contribution in [-0.4, -0.2) is 79.3 Å².